The van der Waals surface area contributed by atoms with Gasteiger partial charge in [-0.15, -0.1) is 0 Å². The van der Waals surface area contributed by atoms with Crippen LogP contribution in [0.5, 0.6) is 17.2 Å². The van der Waals surface area contributed by atoms with Gasteiger partial charge in [-0.25, -0.2) is 9.78 Å². The normalized spacial score (nSPS) is 10.6. The van der Waals surface area contributed by atoms with Crippen molar-refractivity contribution in [1.82, 2.24) is 4.98 Å². The molecule has 2 rings (SSSR count). The Morgan fingerprint density at radius 1 is 1.14 bits per heavy atom. The topological polar surface area (TPSA) is 96.0 Å². The number of rotatable bonds is 8. The lowest BCUT2D eigenvalue weighted by Gasteiger charge is -2.12. The van der Waals surface area contributed by atoms with E-state index >= 15 is 0 Å². The molecule has 1 heterocycles. The Morgan fingerprint density at radius 2 is 1.79 bits per heavy atom. The van der Waals surface area contributed by atoms with Gasteiger partial charge in [0.2, 0.25) is 11.7 Å². The Kier molecular flexibility index (Phi) is 7.39. The smallest absolute Gasteiger partial charge is 0.350 e. The summed E-state index contributed by atoms with van der Waals surface area (Å²) in [7, 11) is 4.55. The molecular formula is C19H22N2O6S. The molecule has 1 aromatic carbocycles. The van der Waals surface area contributed by atoms with E-state index in [0.717, 1.165) is 11.3 Å². The van der Waals surface area contributed by atoms with Crippen LogP contribution in [0, 0.1) is 6.92 Å². The number of hydrogen-bond acceptors (Lipinski definition) is 8. The number of aryl methyl sites for hydroxylation is 1. The van der Waals surface area contributed by atoms with Gasteiger partial charge in [0.25, 0.3) is 0 Å². The van der Waals surface area contributed by atoms with Crippen molar-refractivity contribution in [2.45, 2.75) is 13.8 Å². The van der Waals surface area contributed by atoms with Crippen LogP contribution in [0.1, 0.15) is 27.9 Å². The molecule has 0 aliphatic rings. The average Bonchev–Trinajstić information content (AvgIpc) is 3.05. The van der Waals surface area contributed by atoms with E-state index in [9.17, 15) is 9.59 Å². The van der Waals surface area contributed by atoms with Crippen LogP contribution < -0.4 is 19.5 Å². The van der Waals surface area contributed by atoms with E-state index in [4.69, 9.17) is 18.9 Å². The van der Waals surface area contributed by atoms with Crippen LogP contribution in [0.25, 0.3) is 6.08 Å². The van der Waals surface area contributed by atoms with Crippen molar-refractivity contribution in [3.05, 3.63) is 34.3 Å². The molecule has 1 amide bonds. The number of nitrogens with zero attached hydrogens (tertiary/aromatic N) is 1. The zero-order valence-electron chi connectivity index (χ0n) is 16.3. The number of thiazole rings is 1. The van der Waals surface area contributed by atoms with Crippen molar-refractivity contribution in [3.8, 4) is 17.2 Å². The third kappa shape index (κ3) is 5.01. The molecule has 1 aromatic heterocycles. The Morgan fingerprint density at radius 3 is 2.32 bits per heavy atom. The van der Waals surface area contributed by atoms with Crippen molar-refractivity contribution >= 4 is 34.4 Å². The Balaban J connectivity index is 2.14. The van der Waals surface area contributed by atoms with E-state index in [2.05, 4.69) is 10.3 Å². The molecule has 0 spiro atoms. The summed E-state index contributed by atoms with van der Waals surface area (Å²) >= 11 is 1.07. The number of ether oxygens (including phenoxy) is 4. The number of carbonyl (C=O) groups is 2. The highest BCUT2D eigenvalue weighted by atomic mass is 32.1. The zero-order chi connectivity index (χ0) is 20.7. The molecule has 0 unspecified atom stereocenters. The van der Waals surface area contributed by atoms with E-state index in [1.165, 1.54) is 27.4 Å². The number of methoxy groups -OCH3 is 3. The number of hydrogen-bond donors (Lipinski definition) is 1. The monoisotopic (exact) mass is 406 g/mol. The first-order valence-corrected chi connectivity index (χ1v) is 9.18. The first-order valence-electron chi connectivity index (χ1n) is 8.37. The van der Waals surface area contributed by atoms with Gasteiger partial charge in [-0.1, -0.05) is 11.3 Å². The second-order valence-corrected chi connectivity index (χ2v) is 6.43. The van der Waals surface area contributed by atoms with Crippen LogP contribution in [0.15, 0.2) is 18.2 Å². The lowest BCUT2D eigenvalue weighted by Crippen LogP contribution is -2.07. The van der Waals surface area contributed by atoms with Crippen LogP contribution in [-0.2, 0) is 9.53 Å². The standard InChI is InChI=1S/C19H22N2O6S/c1-6-27-18(23)17-11(2)20-19(28-17)21-15(22)8-7-12-9-13(24-3)16(26-5)14(10-12)25-4/h7-10H,6H2,1-5H3,(H,20,21,22). The molecule has 0 atom stereocenters. The molecule has 0 radical (unpaired) electrons. The minimum absolute atomic E-state index is 0.273. The fourth-order valence-electron chi connectivity index (χ4n) is 2.35. The van der Waals surface area contributed by atoms with Crippen molar-refractivity contribution in [1.29, 1.82) is 0 Å². The molecule has 28 heavy (non-hydrogen) atoms. The van der Waals surface area contributed by atoms with E-state index in [0.29, 0.717) is 38.5 Å². The number of aromatic nitrogens is 1. The summed E-state index contributed by atoms with van der Waals surface area (Å²) in [6, 6.07) is 3.44. The summed E-state index contributed by atoms with van der Waals surface area (Å²) in [5.74, 6) is 0.591. The third-order valence-corrected chi connectivity index (χ3v) is 4.65. The summed E-state index contributed by atoms with van der Waals surface area (Å²) in [5.41, 5.74) is 1.19. The Labute approximate surface area is 167 Å². The fraction of sp³-hybridized carbons (Fsp3) is 0.316. The SMILES string of the molecule is CCOC(=O)c1sc(NC(=O)C=Cc2cc(OC)c(OC)c(OC)c2)nc1C. The van der Waals surface area contributed by atoms with Crippen molar-refractivity contribution in [2.75, 3.05) is 33.3 Å². The zero-order valence-corrected chi connectivity index (χ0v) is 17.1. The van der Waals surface area contributed by atoms with E-state index in [-0.39, 0.29) is 6.61 Å². The molecule has 0 aliphatic heterocycles. The number of anilines is 1. The second kappa shape index (κ2) is 9.75. The molecule has 1 N–H and O–H groups in total. The van der Waals surface area contributed by atoms with E-state index in [1.807, 2.05) is 0 Å². The van der Waals surface area contributed by atoms with Gasteiger partial charge < -0.3 is 18.9 Å². The van der Waals surface area contributed by atoms with Gasteiger partial charge in [0, 0.05) is 6.08 Å². The molecule has 9 heteroatoms. The number of benzene rings is 1. The predicted molar refractivity (Wildman–Crippen MR) is 107 cm³/mol. The average molecular weight is 406 g/mol. The fourth-order valence-corrected chi connectivity index (χ4v) is 3.22. The highest BCUT2D eigenvalue weighted by Gasteiger charge is 2.17. The molecule has 8 nitrogen and oxygen atoms in total. The minimum atomic E-state index is -0.453. The molecular weight excluding hydrogens is 384 g/mol. The Bertz CT molecular complexity index is 866. The molecule has 0 bridgehead atoms. The molecule has 2 aromatic rings. The molecule has 150 valence electrons. The summed E-state index contributed by atoms with van der Waals surface area (Å²) in [4.78, 5) is 28.6. The van der Waals surface area contributed by atoms with Gasteiger partial charge in [-0.05, 0) is 37.6 Å². The minimum Gasteiger partial charge on any atom is -0.493 e. The van der Waals surface area contributed by atoms with E-state index < -0.39 is 11.9 Å². The van der Waals surface area contributed by atoms with E-state index in [1.54, 1.807) is 32.1 Å². The number of carbonyl (C=O) groups excluding carboxylic acids is 2. The highest BCUT2D eigenvalue weighted by molar-refractivity contribution is 7.17. The van der Waals surface area contributed by atoms with Gasteiger partial charge in [-0.3, -0.25) is 10.1 Å². The molecule has 0 aliphatic carbocycles. The highest BCUT2D eigenvalue weighted by Crippen LogP contribution is 2.38. The molecule has 0 fully saturated rings. The summed E-state index contributed by atoms with van der Waals surface area (Å²) in [6.07, 6.45) is 2.95. The van der Waals surface area contributed by atoms with Crippen molar-refractivity contribution < 1.29 is 28.5 Å². The van der Waals surface area contributed by atoms with Gasteiger partial charge in [0.15, 0.2) is 16.6 Å². The number of amides is 1. The van der Waals surface area contributed by atoms with Gasteiger partial charge >= 0.3 is 5.97 Å². The predicted octanol–water partition coefficient (Wildman–Crippen LogP) is 3.31. The van der Waals surface area contributed by atoms with Gasteiger partial charge in [0.05, 0.1) is 33.6 Å². The Hall–Kier alpha value is -3.07. The summed E-state index contributed by atoms with van der Waals surface area (Å²) < 4.78 is 20.8. The lowest BCUT2D eigenvalue weighted by atomic mass is 10.1. The first kappa shape index (κ1) is 21.2. The third-order valence-electron chi connectivity index (χ3n) is 3.60. The number of nitrogens with one attached hydrogen (secondary N) is 1. The summed E-state index contributed by atoms with van der Waals surface area (Å²) in [6.45, 7) is 3.68. The van der Waals surface area contributed by atoms with Crippen LogP contribution in [0.3, 0.4) is 0 Å². The van der Waals surface area contributed by atoms with Crippen molar-refractivity contribution in [2.24, 2.45) is 0 Å². The molecule has 0 saturated carbocycles. The lowest BCUT2D eigenvalue weighted by molar-refractivity contribution is -0.111. The van der Waals surface area contributed by atoms with Crippen molar-refractivity contribution in [3.63, 3.8) is 0 Å². The maximum absolute atomic E-state index is 12.2. The second-order valence-electron chi connectivity index (χ2n) is 5.44. The van der Waals surface area contributed by atoms with Gasteiger partial charge in [-0.2, -0.15) is 0 Å². The van der Waals surface area contributed by atoms with Crippen LogP contribution in [0.2, 0.25) is 0 Å². The number of esters is 1. The maximum atomic E-state index is 12.2. The quantitative estimate of drug-likeness (QED) is 0.531. The van der Waals surface area contributed by atoms with Crippen LogP contribution >= 0.6 is 11.3 Å². The summed E-state index contributed by atoms with van der Waals surface area (Å²) in [5, 5.41) is 2.96. The van der Waals surface area contributed by atoms with Crippen LogP contribution in [-0.4, -0.2) is 44.8 Å². The van der Waals surface area contributed by atoms with Crippen LogP contribution in [0.4, 0.5) is 5.13 Å². The first-order chi connectivity index (χ1) is 13.4. The largest absolute Gasteiger partial charge is 0.493 e. The van der Waals surface area contributed by atoms with Gasteiger partial charge in [0.1, 0.15) is 4.88 Å². The molecule has 0 saturated heterocycles. The maximum Gasteiger partial charge on any atom is 0.350 e.